The number of piperazine rings is 1. The molecule has 4 nitrogen and oxygen atoms in total. The van der Waals surface area contributed by atoms with Crippen LogP contribution in [0.15, 0.2) is 48.6 Å². The average molecular weight is 299 g/mol. The van der Waals surface area contributed by atoms with Gasteiger partial charge < -0.3 is 10.2 Å². The van der Waals surface area contributed by atoms with Crippen LogP contribution >= 0.6 is 0 Å². The number of hydrogen-bond acceptors (Lipinski definition) is 3. The average Bonchev–Trinajstić information content (AvgIpc) is 2.50. The third kappa shape index (κ3) is 5.47. The Morgan fingerprint density at radius 2 is 2.00 bits per heavy atom. The quantitative estimate of drug-likeness (QED) is 0.670. The third-order valence-corrected chi connectivity index (χ3v) is 3.75. The summed E-state index contributed by atoms with van der Waals surface area (Å²) < 4.78 is 0. The standard InChI is InChI=1S/C18H25N3O/c1-3-4-5-9-18(22)19-17-8-6-7-16(14-17)15-21-12-10-20(2)11-13-21/h3-9,14H,10-13,15H2,1-2H3,(H,19,22). The predicted molar refractivity (Wildman–Crippen MR) is 91.8 cm³/mol. The lowest BCUT2D eigenvalue weighted by molar-refractivity contribution is -0.111. The number of carbonyl (C=O) groups excluding carboxylic acids is 1. The number of carbonyl (C=O) groups is 1. The molecule has 0 aliphatic carbocycles. The Balaban J connectivity index is 1.90. The molecule has 1 saturated heterocycles. The summed E-state index contributed by atoms with van der Waals surface area (Å²) in [4.78, 5) is 16.6. The normalized spacial score (nSPS) is 17.4. The minimum Gasteiger partial charge on any atom is -0.323 e. The van der Waals surface area contributed by atoms with Crippen LogP contribution in [-0.2, 0) is 11.3 Å². The van der Waals surface area contributed by atoms with Gasteiger partial charge in [-0.25, -0.2) is 0 Å². The fourth-order valence-corrected chi connectivity index (χ4v) is 2.45. The third-order valence-electron chi connectivity index (χ3n) is 3.75. The van der Waals surface area contributed by atoms with E-state index in [9.17, 15) is 4.79 Å². The summed E-state index contributed by atoms with van der Waals surface area (Å²) in [5, 5.41) is 2.90. The van der Waals surface area contributed by atoms with Crippen molar-refractivity contribution in [1.29, 1.82) is 0 Å². The maximum absolute atomic E-state index is 11.8. The lowest BCUT2D eigenvalue weighted by atomic mass is 10.1. The van der Waals surface area contributed by atoms with Crippen LogP contribution < -0.4 is 5.32 Å². The topological polar surface area (TPSA) is 35.6 Å². The number of anilines is 1. The van der Waals surface area contributed by atoms with Crippen molar-refractivity contribution in [2.75, 3.05) is 38.5 Å². The SMILES string of the molecule is CC=CC=CC(=O)Nc1cccc(CN2CCN(C)CC2)c1. The largest absolute Gasteiger partial charge is 0.323 e. The first-order valence-electron chi connectivity index (χ1n) is 7.77. The highest BCUT2D eigenvalue weighted by atomic mass is 16.1. The molecule has 0 atom stereocenters. The molecule has 1 N–H and O–H groups in total. The lowest BCUT2D eigenvalue weighted by Gasteiger charge is -2.32. The van der Waals surface area contributed by atoms with Crippen molar-refractivity contribution in [3.05, 3.63) is 54.1 Å². The first kappa shape index (κ1) is 16.5. The number of likely N-dealkylation sites (N-methyl/N-ethyl adjacent to an activating group) is 1. The Morgan fingerprint density at radius 1 is 1.23 bits per heavy atom. The van der Waals surface area contributed by atoms with Gasteiger partial charge in [-0.3, -0.25) is 9.69 Å². The lowest BCUT2D eigenvalue weighted by Crippen LogP contribution is -2.43. The highest BCUT2D eigenvalue weighted by Crippen LogP contribution is 2.14. The summed E-state index contributed by atoms with van der Waals surface area (Å²) in [5.74, 6) is -0.102. The summed E-state index contributed by atoms with van der Waals surface area (Å²) in [6, 6.07) is 8.09. The maximum Gasteiger partial charge on any atom is 0.248 e. The summed E-state index contributed by atoms with van der Waals surface area (Å²) in [6.07, 6.45) is 7.00. The molecule has 1 aromatic rings. The van der Waals surface area contributed by atoms with E-state index in [0.717, 1.165) is 38.4 Å². The summed E-state index contributed by atoms with van der Waals surface area (Å²) in [7, 11) is 2.16. The molecule has 0 radical (unpaired) electrons. The van der Waals surface area contributed by atoms with Crippen molar-refractivity contribution in [2.24, 2.45) is 0 Å². The summed E-state index contributed by atoms with van der Waals surface area (Å²) in [6.45, 7) is 7.28. The molecule has 0 unspecified atom stereocenters. The number of benzene rings is 1. The summed E-state index contributed by atoms with van der Waals surface area (Å²) >= 11 is 0. The van der Waals surface area contributed by atoms with Crippen molar-refractivity contribution < 1.29 is 4.79 Å². The number of nitrogens with one attached hydrogen (secondary N) is 1. The van der Waals surface area contributed by atoms with Crippen molar-refractivity contribution >= 4 is 11.6 Å². The molecule has 0 bridgehead atoms. The molecular weight excluding hydrogens is 274 g/mol. The van der Waals surface area contributed by atoms with Crippen molar-refractivity contribution in [3.8, 4) is 0 Å². The van der Waals surface area contributed by atoms with Gasteiger partial charge >= 0.3 is 0 Å². The van der Waals surface area contributed by atoms with Gasteiger partial charge in [0.15, 0.2) is 0 Å². The van der Waals surface area contributed by atoms with Gasteiger partial charge in [0.2, 0.25) is 5.91 Å². The minimum absolute atomic E-state index is 0.102. The van der Waals surface area contributed by atoms with E-state index in [0.29, 0.717) is 0 Å². The summed E-state index contributed by atoms with van der Waals surface area (Å²) in [5.41, 5.74) is 2.08. The second kappa shape index (κ2) is 8.51. The van der Waals surface area contributed by atoms with Crippen LogP contribution in [0.2, 0.25) is 0 Å². The van der Waals surface area contributed by atoms with Crippen LogP contribution in [-0.4, -0.2) is 48.9 Å². The second-order valence-electron chi connectivity index (χ2n) is 5.65. The van der Waals surface area contributed by atoms with E-state index < -0.39 is 0 Å². The molecular formula is C18H25N3O. The van der Waals surface area contributed by atoms with E-state index in [1.54, 1.807) is 6.08 Å². The Hall–Kier alpha value is -1.91. The van der Waals surface area contributed by atoms with Crippen LogP contribution in [0.3, 0.4) is 0 Å². The van der Waals surface area contributed by atoms with Gasteiger partial charge in [0.05, 0.1) is 0 Å². The molecule has 0 saturated carbocycles. The number of hydrogen-bond donors (Lipinski definition) is 1. The monoisotopic (exact) mass is 299 g/mol. The van der Waals surface area contributed by atoms with E-state index in [1.165, 1.54) is 11.6 Å². The van der Waals surface area contributed by atoms with Crippen LogP contribution in [0.4, 0.5) is 5.69 Å². The fraction of sp³-hybridized carbons (Fsp3) is 0.389. The van der Waals surface area contributed by atoms with Gasteiger partial charge in [-0.2, -0.15) is 0 Å². The van der Waals surface area contributed by atoms with Crippen LogP contribution in [0.5, 0.6) is 0 Å². The van der Waals surface area contributed by atoms with Crippen molar-refractivity contribution in [1.82, 2.24) is 9.80 Å². The first-order valence-corrected chi connectivity index (χ1v) is 7.77. The van der Waals surface area contributed by atoms with Crippen molar-refractivity contribution in [2.45, 2.75) is 13.5 Å². The minimum atomic E-state index is -0.102. The molecule has 0 spiro atoms. The molecule has 1 heterocycles. The Labute approximate surface area is 133 Å². The zero-order valence-electron chi connectivity index (χ0n) is 13.5. The van der Waals surface area contributed by atoms with Crippen LogP contribution in [0, 0.1) is 0 Å². The molecule has 118 valence electrons. The van der Waals surface area contributed by atoms with E-state index >= 15 is 0 Å². The van der Waals surface area contributed by atoms with Crippen molar-refractivity contribution in [3.63, 3.8) is 0 Å². The number of nitrogens with zero attached hydrogens (tertiary/aromatic N) is 2. The van der Waals surface area contributed by atoms with E-state index in [1.807, 2.05) is 31.2 Å². The molecule has 1 aromatic carbocycles. The van der Waals surface area contributed by atoms with Gasteiger partial charge in [-0.05, 0) is 31.7 Å². The van der Waals surface area contributed by atoms with Gasteiger partial charge in [0.1, 0.15) is 0 Å². The molecule has 4 heteroatoms. The van der Waals surface area contributed by atoms with E-state index in [4.69, 9.17) is 0 Å². The van der Waals surface area contributed by atoms with Crippen LogP contribution in [0.25, 0.3) is 0 Å². The van der Waals surface area contributed by atoms with E-state index in [2.05, 4.69) is 34.3 Å². The Bertz CT molecular complexity index is 543. The number of amides is 1. The van der Waals surface area contributed by atoms with Gasteiger partial charge in [0.25, 0.3) is 0 Å². The van der Waals surface area contributed by atoms with Crippen LogP contribution in [0.1, 0.15) is 12.5 Å². The molecule has 1 fully saturated rings. The Morgan fingerprint density at radius 3 is 2.73 bits per heavy atom. The molecule has 0 aromatic heterocycles. The first-order chi connectivity index (χ1) is 10.7. The fourth-order valence-electron chi connectivity index (χ4n) is 2.45. The van der Waals surface area contributed by atoms with E-state index in [-0.39, 0.29) is 5.91 Å². The molecule has 1 amide bonds. The molecule has 2 rings (SSSR count). The van der Waals surface area contributed by atoms with Gasteiger partial charge in [-0.1, -0.05) is 30.4 Å². The zero-order valence-corrected chi connectivity index (χ0v) is 13.5. The molecule has 22 heavy (non-hydrogen) atoms. The second-order valence-corrected chi connectivity index (χ2v) is 5.65. The molecule has 1 aliphatic heterocycles. The number of allylic oxidation sites excluding steroid dienone is 3. The highest BCUT2D eigenvalue weighted by molar-refractivity contribution is 5.99. The zero-order chi connectivity index (χ0) is 15.8. The highest BCUT2D eigenvalue weighted by Gasteiger charge is 2.13. The van der Waals surface area contributed by atoms with Gasteiger partial charge in [-0.15, -0.1) is 0 Å². The smallest absolute Gasteiger partial charge is 0.248 e. The number of rotatable bonds is 5. The Kier molecular flexibility index (Phi) is 6.37. The van der Waals surface area contributed by atoms with Gasteiger partial charge in [0, 0.05) is 44.5 Å². The maximum atomic E-state index is 11.8. The molecule has 1 aliphatic rings. The predicted octanol–water partition coefficient (Wildman–Crippen LogP) is 2.50.